The molecule has 0 saturated carbocycles. The number of carbonyl (C=O) groups is 1. The molecule has 18 heavy (non-hydrogen) atoms. The van der Waals surface area contributed by atoms with Gasteiger partial charge in [-0.15, -0.1) is 5.10 Å². The maximum Gasteiger partial charge on any atom is 0.291 e. The van der Waals surface area contributed by atoms with Crippen molar-refractivity contribution >= 4 is 11.7 Å². The van der Waals surface area contributed by atoms with Crippen LogP contribution in [0.15, 0.2) is 12.3 Å². The SMILES string of the molecule is Cc1ccnc2nc(C(=O)NCC(C)(C)N)nn12. The van der Waals surface area contributed by atoms with Crippen molar-refractivity contribution in [1.29, 1.82) is 0 Å². The third-order valence-corrected chi connectivity index (χ3v) is 2.34. The zero-order valence-electron chi connectivity index (χ0n) is 10.6. The van der Waals surface area contributed by atoms with Gasteiger partial charge in [0, 0.05) is 24.0 Å². The molecule has 0 aliphatic rings. The Morgan fingerprint density at radius 1 is 1.56 bits per heavy atom. The molecule has 0 unspecified atom stereocenters. The summed E-state index contributed by atoms with van der Waals surface area (Å²) in [5.74, 6) is 0.159. The van der Waals surface area contributed by atoms with E-state index in [2.05, 4.69) is 20.4 Å². The standard InChI is InChI=1S/C11H16N6O/c1-7-4-5-13-10-15-8(16-17(7)10)9(18)14-6-11(2,3)12/h4-5H,6,12H2,1-3H3,(H,14,18). The van der Waals surface area contributed by atoms with Gasteiger partial charge in [0.1, 0.15) is 0 Å². The second kappa shape index (κ2) is 4.34. The highest BCUT2D eigenvalue weighted by atomic mass is 16.2. The van der Waals surface area contributed by atoms with Gasteiger partial charge in [-0.25, -0.2) is 9.50 Å². The Morgan fingerprint density at radius 2 is 2.28 bits per heavy atom. The third-order valence-electron chi connectivity index (χ3n) is 2.34. The van der Waals surface area contributed by atoms with Gasteiger partial charge in [0.15, 0.2) is 0 Å². The lowest BCUT2D eigenvalue weighted by molar-refractivity contribution is 0.0936. The summed E-state index contributed by atoms with van der Waals surface area (Å²) in [5, 5.41) is 6.79. The highest BCUT2D eigenvalue weighted by molar-refractivity contribution is 5.90. The molecule has 0 bridgehead atoms. The zero-order valence-corrected chi connectivity index (χ0v) is 10.6. The van der Waals surface area contributed by atoms with Gasteiger partial charge in [-0.05, 0) is 26.8 Å². The van der Waals surface area contributed by atoms with Crippen LogP contribution in [0.4, 0.5) is 0 Å². The Morgan fingerprint density at radius 3 is 2.89 bits per heavy atom. The fourth-order valence-corrected chi connectivity index (χ4v) is 1.39. The molecule has 0 radical (unpaired) electrons. The summed E-state index contributed by atoms with van der Waals surface area (Å²) in [6.07, 6.45) is 1.63. The molecule has 1 amide bonds. The van der Waals surface area contributed by atoms with E-state index in [9.17, 15) is 4.79 Å². The van der Waals surface area contributed by atoms with Gasteiger partial charge in [0.05, 0.1) is 0 Å². The number of aryl methyl sites for hydroxylation is 1. The van der Waals surface area contributed by atoms with E-state index in [1.54, 1.807) is 12.3 Å². The monoisotopic (exact) mass is 248 g/mol. The number of rotatable bonds is 3. The van der Waals surface area contributed by atoms with Crippen molar-refractivity contribution in [1.82, 2.24) is 24.9 Å². The van der Waals surface area contributed by atoms with Crippen LogP contribution in [0, 0.1) is 6.92 Å². The zero-order chi connectivity index (χ0) is 13.3. The maximum atomic E-state index is 11.8. The first-order valence-electron chi connectivity index (χ1n) is 5.62. The normalized spacial score (nSPS) is 11.8. The number of aromatic nitrogens is 4. The molecule has 2 rings (SSSR count). The van der Waals surface area contributed by atoms with Crippen molar-refractivity contribution in [3.8, 4) is 0 Å². The summed E-state index contributed by atoms with van der Waals surface area (Å²) in [4.78, 5) is 19.9. The second-order valence-corrected chi connectivity index (χ2v) is 4.90. The van der Waals surface area contributed by atoms with Gasteiger partial charge in [-0.2, -0.15) is 4.98 Å². The van der Waals surface area contributed by atoms with Crippen LogP contribution >= 0.6 is 0 Å². The molecule has 7 heteroatoms. The molecule has 0 fully saturated rings. The van der Waals surface area contributed by atoms with Crippen molar-refractivity contribution in [2.45, 2.75) is 26.3 Å². The summed E-state index contributed by atoms with van der Waals surface area (Å²) < 4.78 is 1.53. The minimum absolute atomic E-state index is 0.0982. The van der Waals surface area contributed by atoms with Crippen LogP contribution in [0.1, 0.15) is 30.2 Å². The van der Waals surface area contributed by atoms with Gasteiger partial charge in [-0.3, -0.25) is 4.79 Å². The van der Waals surface area contributed by atoms with E-state index in [0.29, 0.717) is 12.3 Å². The van der Waals surface area contributed by atoms with Crippen molar-refractivity contribution < 1.29 is 4.79 Å². The Hall–Kier alpha value is -2.02. The molecule has 2 aromatic heterocycles. The smallest absolute Gasteiger partial charge is 0.291 e. The largest absolute Gasteiger partial charge is 0.347 e. The predicted octanol–water partition coefficient (Wildman–Crippen LogP) is -0.100. The van der Waals surface area contributed by atoms with Crippen LogP contribution in [0.3, 0.4) is 0 Å². The molecule has 0 aliphatic carbocycles. The number of nitrogens with zero attached hydrogens (tertiary/aromatic N) is 4. The average Bonchev–Trinajstić information content (AvgIpc) is 2.70. The van der Waals surface area contributed by atoms with E-state index in [1.807, 2.05) is 20.8 Å². The minimum atomic E-state index is -0.469. The van der Waals surface area contributed by atoms with Crippen LogP contribution in [-0.4, -0.2) is 37.6 Å². The lowest BCUT2D eigenvalue weighted by Gasteiger charge is -2.17. The molecule has 0 aromatic carbocycles. The van der Waals surface area contributed by atoms with Crippen LogP contribution < -0.4 is 11.1 Å². The summed E-state index contributed by atoms with van der Waals surface area (Å²) in [6.45, 7) is 5.88. The molecule has 0 aliphatic heterocycles. The van der Waals surface area contributed by atoms with E-state index in [4.69, 9.17) is 5.73 Å². The van der Waals surface area contributed by atoms with Gasteiger partial charge in [-0.1, -0.05) is 0 Å². The van der Waals surface area contributed by atoms with Gasteiger partial charge >= 0.3 is 0 Å². The predicted molar refractivity (Wildman–Crippen MR) is 66.1 cm³/mol. The summed E-state index contributed by atoms with van der Waals surface area (Å²) in [6, 6.07) is 1.80. The Bertz CT molecular complexity index is 583. The van der Waals surface area contributed by atoms with Gasteiger partial charge in [0.25, 0.3) is 11.7 Å². The first-order chi connectivity index (χ1) is 8.37. The highest BCUT2D eigenvalue weighted by Crippen LogP contribution is 2.02. The molecule has 2 heterocycles. The summed E-state index contributed by atoms with van der Waals surface area (Å²) in [7, 11) is 0. The number of hydrogen-bond donors (Lipinski definition) is 2. The quantitative estimate of drug-likeness (QED) is 0.790. The van der Waals surface area contributed by atoms with Crippen LogP contribution in [0.2, 0.25) is 0 Å². The van der Waals surface area contributed by atoms with Gasteiger partial charge < -0.3 is 11.1 Å². The number of nitrogens with one attached hydrogen (secondary N) is 1. The molecule has 3 N–H and O–H groups in total. The molecule has 2 aromatic rings. The van der Waals surface area contributed by atoms with Crippen molar-refractivity contribution in [2.24, 2.45) is 5.73 Å². The fraction of sp³-hybridized carbons (Fsp3) is 0.455. The number of fused-ring (bicyclic) bond motifs is 1. The molecule has 7 nitrogen and oxygen atoms in total. The highest BCUT2D eigenvalue weighted by Gasteiger charge is 2.17. The van der Waals surface area contributed by atoms with Gasteiger partial charge in [0.2, 0.25) is 5.82 Å². The molecule has 0 spiro atoms. The van der Waals surface area contributed by atoms with Crippen LogP contribution in [0.25, 0.3) is 5.78 Å². The summed E-state index contributed by atoms with van der Waals surface area (Å²) >= 11 is 0. The van der Waals surface area contributed by atoms with Crippen LogP contribution in [0.5, 0.6) is 0 Å². The first kappa shape index (κ1) is 12.4. The maximum absolute atomic E-state index is 11.8. The number of carbonyl (C=O) groups excluding carboxylic acids is 1. The first-order valence-corrected chi connectivity index (χ1v) is 5.62. The average molecular weight is 248 g/mol. The number of amides is 1. The third kappa shape index (κ3) is 2.62. The lowest BCUT2D eigenvalue weighted by atomic mass is 10.1. The number of hydrogen-bond acceptors (Lipinski definition) is 5. The summed E-state index contributed by atoms with van der Waals surface area (Å²) in [5.41, 5.74) is 6.19. The second-order valence-electron chi connectivity index (χ2n) is 4.90. The molecule has 96 valence electrons. The minimum Gasteiger partial charge on any atom is -0.347 e. The fourth-order valence-electron chi connectivity index (χ4n) is 1.39. The lowest BCUT2D eigenvalue weighted by Crippen LogP contribution is -2.45. The number of nitrogens with two attached hydrogens (primary N) is 1. The van der Waals surface area contributed by atoms with Crippen molar-refractivity contribution in [3.05, 3.63) is 23.8 Å². The molecule has 0 atom stereocenters. The Balaban J connectivity index is 2.21. The topological polar surface area (TPSA) is 98.2 Å². The van der Waals surface area contributed by atoms with E-state index < -0.39 is 5.54 Å². The van der Waals surface area contributed by atoms with Crippen LogP contribution in [-0.2, 0) is 0 Å². The van der Waals surface area contributed by atoms with E-state index >= 15 is 0 Å². The Kier molecular flexibility index (Phi) is 3.00. The molecular formula is C11H16N6O. The van der Waals surface area contributed by atoms with E-state index in [1.165, 1.54) is 4.52 Å². The van der Waals surface area contributed by atoms with Crippen molar-refractivity contribution in [2.75, 3.05) is 6.54 Å². The van der Waals surface area contributed by atoms with E-state index in [-0.39, 0.29) is 11.7 Å². The van der Waals surface area contributed by atoms with Crippen molar-refractivity contribution in [3.63, 3.8) is 0 Å². The van der Waals surface area contributed by atoms with E-state index in [0.717, 1.165) is 5.69 Å². The molecule has 0 saturated heterocycles. The Labute approximate surface area is 104 Å². The molecular weight excluding hydrogens is 232 g/mol.